The highest BCUT2D eigenvalue weighted by Gasteiger charge is 2.17. The van der Waals surface area contributed by atoms with Gasteiger partial charge in [-0.1, -0.05) is 6.92 Å². The number of nitrogens with one attached hydrogen (secondary N) is 2. The average molecular weight is 299 g/mol. The number of nitrogens with zero attached hydrogens (tertiary/aromatic N) is 1. The van der Waals surface area contributed by atoms with E-state index >= 15 is 0 Å². The summed E-state index contributed by atoms with van der Waals surface area (Å²) in [6.07, 6.45) is 0.558. The summed E-state index contributed by atoms with van der Waals surface area (Å²) in [4.78, 5) is 16.0. The first kappa shape index (κ1) is 16.9. The summed E-state index contributed by atoms with van der Waals surface area (Å²) >= 11 is 1.65. The van der Waals surface area contributed by atoms with Gasteiger partial charge in [0.1, 0.15) is 10.6 Å². The van der Waals surface area contributed by atoms with Crippen molar-refractivity contribution >= 4 is 17.4 Å². The normalized spacial score (nSPS) is 13.1. The Morgan fingerprint density at radius 2 is 2.20 bits per heavy atom. The first-order valence-electron chi connectivity index (χ1n) is 6.91. The minimum atomic E-state index is -0.461. The van der Waals surface area contributed by atoms with Crippen LogP contribution in [0.15, 0.2) is 5.38 Å². The van der Waals surface area contributed by atoms with Crippen LogP contribution < -0.4 is 10.6 Å². The second kappa shape index (κ2) is 7.59. The highest BCUT2D eigenvalue weighted by atomic mass is 32.1. The molecule has 20 heavy (non-hydrogen) atoms. The lowest BCUT2D eigenvalue weighted by Crippen LogP contribution is -2.42. The quantitative estimate of drug-likeness (QED) is 0.848. The van der Waals surface area contributed by atoms with Gasteiger partial charge in [-0.25, -0.2) is 9.78 Å². The van der Waals surface area contributed by atoms with Crippen LogP contribution in [0.4, 0.5) is 4.79 Å². The van der Waals surface area contributed by atoms with Gasteiger partial charge in [0.25, 0.3) is 0 Å². The molecule has 1 atom stereocenters. The Morgan fingerprint density at radius 3 is 2.70 bits per heavy atom. The zero-order valence-electron chi connectivity index (χ0n) is 12.9. The van der Waals surface area contributed by atoms with Crippen molar-refractivity contribution in [2.45, 2.75) is 59.2 Å². The summed E-state index contributed by atoms with van der Waals surface area (Å²) in [6.45, 7) is 10.9. The maximum absolute atomic E-state index is 11.6. The summed E-state index contributed by atoms with van der Waals surface area (Å²) < 4.78 is 5.21. The summed E-state index contributed by atoms with van der Waals surface area (Å²) in [5.41, 5.74) is 0.587. The van der Waals surface area contributed by atoms with E-state index in [0.717, 1.165) is 23.7 Å². The van der Waals surface area contributed by atoms with Crippen LogP contribution in [0.3, 0.4) is 0 Å². The van der Waals surface area contributed by atoms with Gasteiger partial charge in [-0.3, -0.25) is 0 Å². The Bertz CT molecular complexity index is 426. The molecule has 0 fully saturated rings. The second-order valence-corrected chi connectivity index (χ2v) is 6.69. The van der Waals surface area contributed by atoms with Gasteiger partial charge in [0.2, 0.25) is 0 Å². The SMILES string of the molecule is CCC(CNC(=O)OC(C)(C)C)NCc1nc(C)cs1. The molecule has 0 aliphatic heterocycles. The lowest BCUT2D eigenvalue weighted by Gasteiger charge is -2.22. The zero-order valence-corrected chi connectivity index (χ0v) is 13.8. The van der Waals surface area contributed by atoms with Gasteiger partial charge in [0.15, 0.2) is 0 Å². The van der Waals surface area contributed by atoms with Crippen LogP contribution in [0.25, 0.3) is 0 Å². The standard InChI is InChI=1S/C14H25N3O2S/c1-6-11(7-16-13(18)19-14(3,4)5)15-8-12-17-10(2)9-20-12/h9,11,15H,6-8H2,1-5H3,(H,16,18). The Labute approximate surface area is 125 Å². The van der Waals surface area contributed by atoms with Crippen molar-refractivity contribution < 1.29 is 9.53 Å². The molecule has 1 heterocycles. The van der Waals surface area contributed by atoms with E-state index < -0.39 is 5.60 Å². The molecule has 2 N–H and O–H groups in total. The van der Waals surface area contributed by atoms with E-state index in [4.69, 9.17) is 4.74 Å². The van der Waals surface area contributed by atoms with E-state index in [1.54, 1.807) is 11.3 Å². The van der Waals surface area contributed by atoms with E-state index in [1.807, 2.05) is 33.1 Å². The van der Waals surface area contributed by atoms with Gasteiger partial charge in [-0.15, -0.1) is 11.3 Å². The number of hydrogen-bond donors (Lipinski definition) is 2. The van der Waals surface area contributed by atoms with Crippen molar-refractivity contribution in [1.82, 2.24) is 15.6 Å². The molecule has 0 saturated heterocycles. The van der Waals surface area contributed by atoms with Crippen molar-refractivity contribution in [2.75, 3.05) is 6.54 Å². The molecule has 0 spiro atoms. The molecule has 0 saturated carbocycles. The molecule has 6 heteroatoms. The van der Waals surface area contributed by atoms with E-state index in [2.05, 4.69) is 22.5 Å². The molecule has 5 nitrogen and oxygen atoms in total. The van der Waals surface area contributed by atoms with Crippen LogP contribution in [0.5, 0.6) is 0 Å². The largest absolute Gasteiger partial charge is 0.444 e. The summed E-state index contributed by atoms with van der Waals surface area (Å²) in [5, 5.41) is 9.29. The maximum Gasteiger partial charge on any atom is 0.407 e. The summed E-state index contributed by atoms with van der Waals surface area (Å²) in [5.74, 6) is 0. The third kappa shape index (κ3) is 6.86. The smallest absolute Gasteiger partial charge is 0.407 e. The Balaban J connectivity index is 2.30. The number of amides is 1. The molecule has 1 rings (SSSR count). The third-order valence-electron chi connectivity index (χ3n) is 2.59. The average Bonchev–Trinajstić information content (AvgIpc) is 2.73. The van der Waals surface area contributed by atoms with Crippen LogP contribution in [0, 0.1) is 6.92 Å². The molecule has 1 amide bonds. The highest BCUT2D eigenvalue weighted by Crippen LogP contribution is 2.09. The van der Waals surface area contributed by atoms with E-state index in [9.17, 15) is 4.79 Å². The van der Waals surface area contributed by atoms with Gasteiger partial charge in [-0.05, 0) is 34.1 Å². The minimum Gasteiger partial charge on any atom is -0.444 e. The van der Waals surface area contributed by atoms with Crippen molar-refractivity contribution in [3.8, 4) is 0 Å². The van der Waals surface area contributed by atoms with Crippen LogP contribution >= 0.6 is 11.3 Å². The second-order valence-electron chi connectivity index (χ2n) is 5.75. The lowest BCUT2D eigenvalue weighted by molar-refractivity contribution is 0.0522. The molecule has 1 aromatic rings. The number of rotatable bonds is 6. The molecule has 0 bridgehead atoms. The topological polar surface area (TPSA) is 63.2 Å². The predicted octanol–water partition coefficient (Wildman–Crippen LogP) is 2.84. The van der Waals surface area contributed by atoms with Crippen molar-refractivity contribution in [3.05, 3.63) is 16.1 Å². The Hall–Kier alpha value is -1.14. The van der Waals surface area contributed by atoms with Gasteiger partial charge in [0.05, 0.1) is 0 Å². The number of alkyl carbamates (subject to hydrolysis) is 1. The third-order valence-corrected chi connectivity index (χ3v) is 3.56. The number of ether oxygens (including phenoxy) is 1. The molecule has 0 aliphatic carbocycles. The van der Waals surface area contributed by atoms with E-state index in [1.165, 1.54) is 0 Å². The summed E-state index contributed by atoms with van der Waals surface area (Å²) in [7, 11) is 0. The number of thiazole rings is 1. The van der Waals surface area contributed by atoms with Gasteiger partial charge in [0, 0.05) is 30.2 Å². The van der Waals surface area contributed by atoms with Gasteiger partial charge < -0.3 is 15.4 Å². The summed E-state index contributed by atoms with van der Waals surface area (Å²) in [6, 6.07) is 0.215. The first-order valence-corrected chi connectivity index (χ1v) is 7.79. The van der Waals surface area contributed by atoms with Crippen LogP contribution in [-0.2, 0) is 11.3 Å². The molecular formula is C14H25N3O2S. The van der Waals surface area contributed by atoms with Crippen LogP contribution in [-0.4, -0.2) is 29.3 Å². The van der Waals surface area contributed by atoms with Crippen molar-refractivity contribution in [3.63, 3.8) is 0 Å². The van der Waals surface area contributed by atoms with Crippen LogP contribution in [0.1, 0.15) is 44.8 Å². The number of aryl methyl sites for hydroxylation is 1. The first-order chi connectivity index (χ1) is 9.30. The zero-order chi connectivity index (χ0) is 15.2. The number of carbonyl (C=O) groups is 1. The van der Waals surface area contributed by atoms with E-state index in [-0.39, 0.29) is 12.1 Å². The molecular weight excluding hydrogens is 274 g/mol. The number of hydrogen-bond acceptors (Lipinski definition) is 5. The van der Waals surface area contributed by atoms with Gasteiger partial charge >= 0.3 is 6.09 Å². The molecule has 114 valence electrons. The molecule has 1 aromatic heterocycles. The lowest BCUT2D eigenvalue weighted by atomic mass is 10.2. The monoisotopic (exact) mass is 299 g/mol. The molecule has 1 unspecified atom stereocenters. The van der Waals surface area contributed by atoms with E-state index in [0.29, 0.717) is 6.54 Å². The fourth-order valence-corrected chi connectivity index (χ4v) is 2.32. The molecule has 0 aromatic carbocycles. The maximum atomic E-state index is 11.6. The van der Waals surface area contributed by atoms with Crippen molar-refractivity contribution in [1.29, 1.82) is 0 Å². The number of carbonyl (C=O) groups excluding carboxylic acids is 1. The van der Waals surface area contributed by atoms with Crippen LogP contribution in [0.2, 0.25) is 0 Å². The Kier molecular flexibility index (Phi) is 6.42. The predicted molar refractivity (Wildman–Crippen MR) is 82.0 cm³/mol. The van der Waals surface area contributed by atoms with Gasteiger partial charge in [-0.2, -0.15) is 0 Å². The number of aromatic nitrogens is 1. The molecule has 0 radical (unpaired) electrons. The fraction of sp³-hybridized carbons (Fsp3) is 0.714. The highest BCUT2D eigenvalue weighted by molar-refractivity contribution is 7.09. The minimum absolute atomic E-state index is 0.215. The van der Waals surface area contributed by atoms with Crippen molar-refractivity contribution in [2.24, 2.45) is 0 Å². The Morgan fingerprint density at radius 1 is 1.50 bits per heavy atom. The molecule has 0 aliphatic rings. The fourth-order valence-electron chi connectivity index (χ4n) is 1.60.